The average Bonchev–Trinajstić information content (AvgIpc) is 3.61. The molecule has 6 rings (SSSR count). The van der Waals surface area contributed by atoms with Gasteiger partial charge in [-0.15, -0.1) is 5.10 Å². The van der Waals surface area contributed by atoms with Crippen LogP contribution in [0, 0.1) is 23.4 Å². The fourth-order valence-electron chi connectivity index (χ4n) is 5.25. The monoisotopic (exact) mass is 719 g/mol. The van der Waals surface area contributed by atoms with Crippen molar-refractivity contribution in [1.29, 1.82) is 0 Å². The second-order valence-corrected chi connectivity index (χ2v) is 11.4. The molecule has 5 aromatic rings. The Hall–Kier alpha value is -5.58. The SMILES string of the molecule is C[C@@H]1CCC[C@H](n2cnc(-c3c(-n4ccnn4)ccc(Cl)c3F)cc2=O)c2cc(ccn2)-c2c(ccc(F)c2F)NC1=O.O=C(O)C(F)(F)F. The molecule has 2 aromatic carbocycles. The number of carbonyl (C=O) groups excluding carboxylic acids is 1. The van der Waals surface area contributed by atoms with Gasteiger partial charge in [0.25, 0.3) is 5.56 Å². The van der Waals surface area contributed by atoms with Gasteiger partial charge in [0, 0.05) is 23.7 Å². The van der Waals surface area contributed by atoms with E-state index in [4.69, 9.17) is 21.5 Å². The number of amides is 1. The number of carboxylic acid groups (broad SMARTS) is 1. The molecule has 2 N–H and O–H groups in total. The quantitative estimate of drug-likeness (QED) is 0.198. The summed E-state index contributed by atoms with van der Waals surface area (Å²) in [6, 6.07) is 8.76. The summed E-state index contributed by atoms with van der Waals surface area (Å²) in [5.41, 5.74) is 0.438. The zero-order chi connectivity index (χ0) is 36.3. The van der Waals surface area contributed by atoms with E-state index in [1.165, 1.54) is 58.4 Å². The van der Waals surface area contributed by atoms with Crippen LogP contribution in [0.25, 0.3) is 28.1 Å². The molecule has 0 saturated heterocycles. The third-order valence-corrected chi connectivity index (χ3v) is 8.03. The lowest BCUT2D eigenvalue weighted by molar-refractivity contribution is -0.192. The number of carboxylic acids is 1. The van der Waals surface area contributed by atoms with Crippen LogP contribution in [0.15, 0.2) is 72.2 Å². The van der Waals surface area contributed by atoms with E-state index < -0.39 is 47.1 Å². The standard InChI is InChI=1S/C30H23ClF3N7O2.C2HF3O2/c1-16-3-2-4-23(21-13-17(9-10-35-21)26-20(38-30(16)43)7-6-19(32)29(26)34)40-15-36-22(14-25(40)42)27-24(41-12-11-37-39-41)8-5-18(31)28(27)33;3-2(4,5)1(6)7/h5-16,23H,2-4H2,1H3,(H,38,43);(H,6,7)/t16-,23+;/m1./s1. The molecule has 1 amide bonds. The van der Waals surface area contributed by atoms with Crippen molar-refractivity contribution in [3.8, 4) is 28.1 Å². The zero-order valence-electron chi connectivity index (χ0n) is 25.6. The smallest absolute Gasteiger partial charge is 0.475 e. The van der Waals surface area contributed by atoms with Crippen molar-refractivity contribution in [2.45, 2.75) is 38.4 Å². The number of halogens is 7. The molecule has 0 spiro atoms. The van der Waals surface area contributed by atoms with Gasteiger partial charge in [0.15, 0.2) is 17.5 Å². The Bertz CT molecular complexity index is 2130. The van der Waals surface area contributed by atoms with Gasteiger partial charge in [-0.3, -0.25) is 19.1 Å². The molecule has 0 aliphatic carbocycles. The highest BCUT2D eigenvalue weighted by Crippen LogP contribution is 2.36. The summed E-state index contributed by atoms with van der Waals surface area (Å²) in [6.45, 7) is 1.74. The second kappa shape index (κ2) is 14.5. The molecule has 4 heterocycles. The van der Waals surface area contributed by atoms with Crippen LogP contribution in [0.4, 0.5) is 32.0 Å². The van der Waals surface area contributed by atoms with Crippen LogP contribution in [0.1, 0.15) is 37.9 Å². The molecule has 3 aromatic heterocycles. The van der Waals surface area contributed by atoms with E-state index in [0.717, 1.165) is 6.07 Å². The van der Waals surface area contributed by atoms with Gasteiger partial charge in [-0.05, 0) is 54.8 Å². The number of benzene rings is 2. The number of hydrogen-bond donors (Lipinski definition) is 2. The highest BCUT2D eigenvalue weighted by molar-refractivity contribution is 6.31. The van der Waals surface area contributed by atoms with Crippen LogP contribution in [0.3, 0.4) is 0 Å². The molecule has 2 atom stereocenters. The second-order valence-electron chi connectivity index (χ2n) is 11.0. The van der Waals surface area contributed by atoms with Crippen LogP contribution < -0.4 is 10.9 Å². The summed E-state index contributed by atoms with van der Waals surface area (Å²) >= 11 is 6.08. The number of alkyl halides is 3. The molecule has 11 nitrogen and oxygen atoms in total. The van der Waals surface area contributed by atoms with E-state index in [9.17, 15) is 27.2 Å². The van der Waals surface area contributed by atoms with E-state index in [0.29, 0.717) is 25.0 Å². The number of aromatic nitrogens is 6. The highest BCUT2D eigenvalue weighted by Gasteiger charge is 2.38. The summed E-state index contributed by atoms with van der Waals surface area (Å²) in [4.78, 5) is 44.3. The topological polar surface area (TPSA) is 145 Å². The Kier molecular flexibility index (Phi) is 10.4. The van der Waals surface area contributed by atoms with Crippen molar-refractivity contribution in [3.63, 3.8) is 0 Å². The number of hydrogen-bond acceptors (Lipinski definition) is 7. The van der Waals surface area contributed by atoms with Gasteiger partial charge in [-0.1, -0.05) is 30.2 Å². The van der Waals surface area contributed by atoms with E-state index >= 15 is 8.78 Å². The Morgan fingerprint density at radius 3 is 2.38 bits per heavy atom. The minimum atomic E-state index is -5.08. The predicted molar refractivity (Wildman–Crippen MR) is 167 cm³/mol. The van der Waals surface area contributed by atoms with E-state index in [1.807, 2.05) is 0 Å². The number of aliphatic carboxylic acids is 1. The first kappa shape index (κ1) is 35.7. The van der Waals surface area contributed by atoms with Gasteiger partial charge in [-0.2, -0.15) is 13.2 Å². The van der Waals surface area contributed by atoms with Gasteiger partial charge in [0.05, 0.1) is 58.1 Å². The van der Waals surface area contributed by atoms with E-state index in [-0.39, 0.29) is 44.7 Å². The van der Waals surface area contributed by atoms with Crippen molar-refractivity contribution in [2.24, 2.45) is 5.92 Å². The lowest BCUT2D eigenvalue weighted by atomic mass is 9.95. The molecule has 1 aliphatic heterocycles. The fraction of sp³-hybridized carbons (Fsp3) is 0.219. The Morgan fingerprint density at radius 1 is 0.980 bits per heavy atom. The third kappa shape index (κ3) is 7.51. The molecule has 2 bridgehead atoms. The zero-order valence-corrected chi connectivity index (χ0v) is 26.4. The minimum Gasteiger partial charge on any atom is -0.475 e. The normalized spacial score (nSPS) is 16.2. The summed E-state index contributed by atoms with van der Waals surface area (Å²) in [5.74, 6) is -6.52. The molecule has 0 unspecified atom stereocenters. The van der Waals surface area contributed by atoms with Crippen molar-refractivity contribution >= 4 is 29.2 Å². The first-order valence-corrected chi connectivity index (χ1v) is 15.0. The molecule has 1 aliphatic rings. The maximum Gasteiger partial charge on any atom is 0.490 e. The summed E-state index contributed by atoms with van der Waals surface area (Å²) < 4.78 is 79.3. The van der Waals surface area contributed by atoms with Gasteiger partial charge in [0.1, 0.15) is 0 Å². The van der Waals surface area contributed by atoms with Crippen molar-refractivity contribution in [3.05, 3.63) is 106 Å². The van der Waals surface area contributed by atoms with Gasteiger partial charge in [-0.25, -0.2) is 27.6 Å². The molecule has 260 valence electrons. The van der Waals surface area contributed by atoms with E-state index in [2.05, 4.69) is 25.6 Å². The largest absolute Gasteiger partial charge is 0.490 e. The summed E-state index contributed by atoms with van der Waals surface area (Å²) in [5, 5.41) is 17.4. The van der Waals surface area contributed by atoms with Crippen molar-refractivity contribution < 1.29 is 41.0 Å². The van der Waals surface area contributed by atoms with Crippen LogP contribution in [-0.4, -0.2) is 52.7 Å². The van der Waals surface area contributed by atoms with Gasteiger partial charge < -0.3 is 10.4 Å². The summed E-state index contributed by atoms with van der Waals surface area (Å²) in [7, 11) is 0. The van der Waals surface area contributed by atoms with Crippen LogP contribution in [-0.2, 0) is 9.59 Å². The number of nitrogens with zero attached hydrogens (tertiary/aromatic N) is 6. The molecule has 0 radical (unpaired) electrons. The molecule has 18 heteroatoms. The average molecular weight is 720 g/mol. The molecular formula is C32H24ClF6N7O4. The molecule has 0 fully saturated rings. The third-order valence-electron chi connectivity index (χ3n) is 7.74. The number of nitrogens with one attached hydrogen (secondary N) is 1. The van der Waals surface area contributed by atoms with Crippen LogP contribution >= 0.6 is 11.6 Å². The summed E-state index contributed by atoms with van der Waals surface area (Å²) in [6.07, 6.45) is 1.95. The Balaban J connectivity index is 0.000000630. The maximum absolute atomic E-state index is 15.3. The number of rotatable bonds is 3. The highest BCUT2D eigenvalue weighted by atomic mass is 35.5. The molecule has 0 saturated carbocycles. The van der Waals surface area contributed by atoms with Crippen LogP contribution in [0.2, 0.25) is 5.02 Å². The fourth-order valence-corrected chi connectivity index (χ4v) is 5.41. The Labute approximate surface area is 283 Å². The number of carbonyl (C=O) groups is 2. The number of anilines is 1. The van der Waals surface area contributed by atoms with E-state index in [1.54, 1.807) is 19.1 Å². The van der Waals surface area contributed by atoms with Crippen molar-refractivity contribution in [1.82, 2.24) is 29.5 Å². The number of pyridine rings is 1. The number of fused-ring (bicyclic) bond motifs is 4. The first-order chi connectivity index (χ1) is 23.7. The minimum absolute atomic E-state index is 0.0263. The van der Waals surface area contributed by atoms with Crippen molar-refractivity contribution in [2.75, 3.05) is 5.32 Å². The molecule has 50 heavy (non-hydrogen) atoms. The Morgan fingerprint density at radius 2 is 1.72 bits per heavy atom. The maximum atomic E-state index is 15.3. The predicted octanol–water partition coefficient (Wildman–Crippen LogP) is 6.60. The lowest BCUT2D eigenvalue weighted by Gasteiger charge is -2.23. The van der Waals surface area contributed by atoms with Gasteiger partial charge in [0.2, 0.25) is 5.91 Å². The lowest BCUT2D eigenvalue weighted by Crippen LogP contribution is -2.27. The van der Waals surface area contributed by atoms with Crippen LogP contribution in [0.5, 0.6) is 0 Å². The molecular weight excluding hydrogens is 696 g/mol. The van der Waals surface area contributed by atoms with Gasteiger partial charge >= 0.3 is 12.1 Å². The first-order valence-electron chi connectivity index (χ1n) is 14.7.